The standard InChI is InChI=1S/C9H11N11O/c10-18-8-15-7(12-2-1-6-13-5-21-19-6)16-9(17-8)20-4-11-3-14-20/h3-5H,1-2,10H2,(H2,12,15,16,17,18). The number of aromatic nitrogens is 8. The molecular formula is C9H11N11O. The molecule has 3 heterocycles. The van der Waals surface area contributed by atoms with Gasteiger partial charge in [0.05, 0.1) is 0 Å². The minimum Gasteiger partial charge on any atom is -0.354 e. The van der Waals surface area contributed by atoms with Crippen LogP contribution in [0, 0.1) is 0 Å². The molecule has 0 aliphatic heterocycles. The minimum atomic E-state index is 0.206. The maximum Gasteiger partial charge on any atom is 0.258 e. The van der Waals surface area contributed by atoms with Gasteiger partial charge in [-0.3, -0.25) is 5.43 Å². The van der Waals surface area contributed by atoms with Gasteiger partial charge in [0.25, 0.3) is 5.95 Å². The zero-order valence-electron chi connectivity index (χ0n) is 10.7. The summed E-state index contributed by atoms with van der Waals surface area (Å²) in [5, 5.41) is 10.7. The second kappa shape index (κ2) is 5.87. The van der Waals surface area contributed by atoms with Crippen LogP contribution in [0.3, 0.4) is 0 Å². The Morgan fingerprint density at radius 1 is 1.24 bits per heavy atom. The van der Waals surface area contributed by atoms with Crippen molar-refractivity contribution >= 4 is 11.9 Å². The number of nitrogens with two attached hydrogens (primary N) is 1. The van der Waals surface area contributed by atoms with Gasteiger partial charge in [-0.15, -0.1) is 0 Å². The molecule has 3 aromatic heterocycles. The van der Waals surface area contributed by atoms with Crippen molar-refractivity contribution in [2.24, 2.45) is 5.84 Å². The molecule has 3 aromatic rings. The molecule has 0 saturated carbocycles. The molecule has 0 atom stereocenters. The van der Waals surface area contributed by atoms with E-state index in [1.165, 1.54) is 23.7 Å². The number of hydrogen-bond acceptors (Lipinski definition) is 11. The molecule has 0 amide bonds. The zero-order chi connectivity index (χ0) is 14.5. The summed E-state index contributed by atoms with van der Waals surface area (Å²) in [6, 6.07) is 0. The molecule has 4 N–H and O–H groups in total. The van der Waals surface area contributed by atoms with Crippen LogP contribution in [-0.4, -0.2) is 46.4 Å². The summed E-state index contributed by atoms with van der Waals surface area (Å²) < 4.78 is 6.04. The molecule has 0 aromatic carbocycles. The normalized spacial score (nSPS) is 10.5. The molecule has 21 heavy (non-hydrogen) atoms. The molecule has 0 aliphatic carbocycles. The van der Waals surface area contributed by atoms with Crippen LogP contribution in [0.25, 0.3) is 5.95 Å². The molecule has 0 saturated heterocycles. The largest absolute Gasteiger partial charge is 0.354 e. The average Bonchev–Trinajstić information content (AvgIpc) is 3.20. The predicted octanol–water partition coefficient (Wildman–Crippen LogP) is -1.22. The van der Waals surface area contributed by atoms with Crippen molar-refractivity contribution in [3.8, 4) is 5.95 Å². The van der Waals surface area contributed by atoms with E-state index >= 15 is 0 Å². The number of rotatable bonds is 6. The molecule has 108 valence electrons. The topological polar surface area (TPSA) is 158 Å². The molecule has 0 fully saturated rings. The van der Waals surface area contributed by atoms with Crippen LogP contribution in [0.2, 0.25) is 0 Å². The first-order chi connectivity index (χ1) is 10.3. The Labute approximate surface area is 117 Å². The van der Waals surface area contributed by atoms with Crippen molar-refractivity contribution in [3.63, 3.8) is 0 Å². The van der Waals surface area contributed by atoms with Gasteiger partial charge in [0.1, 0.15) is 12.7 Å². The van der Waals surface area contributed by atoms with E-state index in [0.29, 0.717) is 24.7 Å². The van der Waals surface area contributed by atoms with Gasteiger partial charge in [-0.05, 0) is 0 Å². The van der Waals surface area contributed by atoms with E-state index in [-0.39, 0.29) is 11.9 Å². The number of anilines is 2. The summed E-state index contributed by atoms with van der Waals surface area (Å²) in [7, 11) is 0. The summed E-state index contributed by atoms with van der Waals surface area (Å²) in [4.78, 5) is 20.1. The number of nitrogens with zero attached hydrogens (tertiary/aromatic N) is 8. The molecule has 0 spiro atoms. The van der Waals surface area contributed by atoms with E-state index < -0.39 is 0 Å². The lowest BCUT2D eigenvalue weighted by molar-refractivity contribution is 0.410. The van der Waals surface area contributed by atoms with E-state index in [2.05, 4.69) is 50.4 Å². The van der Waals surface area contributed by atoms with Gasteiger partial charge >= 0.3 is 0 Å². The van der Waals surface area contributed by atoms with Crippen molar-refractivity contribution in [2.75, 3.05) is 17.3 Å². The summed E-state index contributed by atoms with van der Waals surface area (Å²) >= 11 is 0. The quantitative estimate of drug-likeness (QED) is 0.368. The monoisotopic (exact) mass is 289 g/mol. The van der Waals surface area contributed by atoms with Gasteiger partial charge in [-0.25, -0.2) is 10.8 Å². The van der Waals surface area contributed by atoms with Crippen LogP contribution in [-0.2, 0) is 6.42 Å². The maximum atomic E-state index is 5.34. The molecule has 0 aliphatic rings. The second-order valence-electron chi connectivity index (χ2n) is 3.79. The maximum absolute atomic E-state index is 5.34. The predicted molar refractivity (Wildman–Crippen MR) is 69.0 cm³/mol. The third kappa shape index (κ3) is 3.06. The van der Waals surface area contributed by atoms with Crippen LogP contribution in [0.4, 0.5) is 11.9 Å². The van der Waals surface area contributed by atoms with Crippen molar-refractivity contribution in [1.29, 1.82) is 0 Å². The van der Waals surface area contributed by atoms with E-state index in [1.807, 2.05) is 0 Å². The SMILES string of the molecule is NNc1nc(NCCc2ncon2)nc(-n2cncn2)n1. The fraction of sp³-hybridized carbons (Fsp3) is 0.222. The Morgan fingerprint density at radius 3 is 2.86 bits per heavy atom. The van der Waals surface area contributed by atoms with E-state index in [9.17, 15) is 0 Å². The fourth-order valence-electron chi connectivity index (χ4n) is 1.51. The molecular weight excluding hydrogens is 278 g/mol. The highest BCUT2D eigenvalue weighted by atomic mass is 16.5. The Balaban J connectivity index is 1.73. The fourth-order valence-corrected chi connectivity index (χ4v) is 1.51. The summed E-state index contributed by atoms with van der Waals surface area (Å²) in [6.07, 6.45) is 4.69. The van der Waals surface area contributed by atoms with Gasteiger partial charge in [-0.1, -0.05) is 5.16 Å². The lowest BCUT2D eigenvalue weighted by Crippen LogP contribution is -2.17. The van der Waals surface area contributed by atoms with Crippen LogP contribution >= 0.6 is 0 Å². The van der Waals surface area contributed by atoms with E-state index in [4.69, 9.17) is 5.84 Å². The molecule has 0 bridgehead atoms. The number of hydrogen-bond donors (Lipinski definition) is 3. The first kappa shape index (κ1) is 12.9. The van der Waals surface area contributed by atoms with E-state index in [0.717, 1.165) is 0 Å². The summed E-state index contributed by atoms with van der Waals surface area (Å²) in [5.41, 5.74) is 2.37. The zero-order valence-corrected chi connectivity index (χ0v) is 10.7. The van der Waals surface area contributed by atoms with E-state index in [1.54, 1.807) is 0 Å². The van der Waals surface area contributed by atoms with Crippen molar-refractivity contribution in [3.05, 3.63) is 24.9 Å². The van der Waals surface area contributed by atoms with Crippen molar-refractivity contribution in [2.45, 2.75) is 6.42 Å². The number of nitrogen functional groups attached to an aromatic ring is 1. The van der Waals surface area contributed by atoms with Crippen LogP contribution < -0.4 is 16.6 Å². The third-order valence-electron chi connectivity index (χ3n) is 2.42. The molecule has 3 rings (SSSR count). The van der Waals surface area contributed by atoms with Crippen molar-refractivity contribution in [1.82, 2.24) is 39.9 Å². The first-order valence-electron chi connectivity index (χ1n) is 5.92. The smallest absolute Gasteiger partial charge is 0.258 e. The Morgan fingerprint density at radius 2 is 2.14 bits per heavy atom. The van der Waals surface area contributed by atoms with Gasteiger partial charge in [-0.2, -0.15) is 29.7 Å². The Bertz CT molecular complexity index is 680. The van der Waals surface area contributed by atoms with Gasteiger partial charge in [0, 0.05) is 13.0 Å². The van der Waals surface area contributed by atoms with Crippen LogP contribution in [0.1, 0.15) is 5.82 Å². The highest BCUT2D eigenvalue weighted by molar-refractivity contribution is 5.36. The number of hydrazine groups is 1. The molecule has 0 unspecified atom stereocenters. The summed E-state index contributed by atoms with van der Waals surface area (Å²) in [5.74, 6) is 6.76. The lowest BCUT2D eigenvalue weighted by Gasteiger charge is -2.07. The van der Waals surface area contributed by atoms with Gasteiger partial charge < -0.3 is 9.84 Å². The summed E-state index contributed by atoms with van der Waals surface area (Å²) in [6.45, 7) is 0.518. The Kier molecular flexibility index (Phi) is 3.60. The van der Waals surface area contributed by atoms with Gasteiger partial charge in [0.15, 0.2) is 5.82 Å². The van der Waals surface area contributed by atoms with Gasteiger partial charge in [0.2, 0.25) is 18.3 Å². The van der Waals surface area contributed by atoms with Crippen molar-refractivity contribution < 1.29 is 4.52 Å². The second-order valence-corrected chi connectivity index (χ2v) is 3.79. The highest BCUT2D eigenvalue weighted by Crippen LogP contribution is 2.07. The third-order valence-corrected chi connectivity index (χ3v) is 2.42. The minimum absolute atomic E-state index is 0.206. The van der Waals surface area contributed by atoms with Crippen LogP contribution in [0.5, 0.6) is 0 Å². The molecule has 0 radical (unpaired) electrons. The average molecular weight is 289 g/mol. The van der Waals surface area contributed by atoms with Crippen LogP contribution in [0.15, 0.2) is 23.6 Å². The Hall–Kier alpha value is -3.15. The number of nitrogens with one attached hydrogen (secondary N) is 2. The molecule has 12 nitrogen and oxygen atoms in total. The molecule has 12 heteroatoms. The lowest BCUT2D eigenvalue weighted by atomic mass is 10.4. The first-order valence-corrected chi connectivity index (χ1v) is 5.92. The highest BCUT2D eigenvalue weighted by Gasteiger charge is 2.08.